The first-order valence-electron chi connectivity index (χ1n) is 9.64. The van der Waals surface area contributed by atoms with Gasteiger partial charge in [-0.25, -0.2) is 13.4 Å². The summed E-state index contributed by atoms with van der Waals surface area (Å²) < 4.78 is 26.2. The number of aromatic nitrogens is 4. The number of fused-ring (bicyclic) bond motifs is 1. The topological polar surface area (TPSA) is 97.5 Å². The quantitative estimate of drug-likeness (QED) is 0.633. The summed E-state index contributed by atoms with van der Waals surface area (Å²) in [4.78, 5) is 23.0. The first-order valence-corrected chi connectivity index (χ1v) is 11.5. The summed E-state index contributed by atoms with van der Waals surface area (Å²) in [7, 11) is -3.49. The Morgan fingerprint density at radius 3 is 2.76 bits per heavy atom. The molecule has 1 atom stereocenters. The van der Waals surface area contributed by atoms with Gasteiger partial charge in [-0.2, -0.15) is 14.6 Å². The Hall–Kier alpha value is -2.81. The smallest absolute Gasteiger partial charge is 0.252 e. The third-order valence-corrected chi connectivity index (χ3v) is 6.45. The average molecular weight is 414 g/mol. The predicted octanol–water partition coefficient (Wildman–Crippen LogP) is 1.87. The lowest BCUT2D eigenvalue weighted by Crippen LogP contribution is -2.40. The van der Waals surface area contributed by atoms with Crippen molar-refractivity contribution in [2.45, 2.75) is 36.5 Å². The summed E-state index contributed by atoms with van der Waals surface area (Å²) >= 11 is 0. The van der Waals surface area contributed by atoms with Gasteiger partial charge in [-0.15, -0.1) is 0 Å². The van der Waals surface area contributed by atoms with E-state index in [9.17, 15) is 13.2 Å². The largest absolute Gasteiger partial charge is 0.342 e. The second-order valence-corrected chi connectivity index (χ2v) is 9.40. The first kappa shape index (κ1) is 19.5. The first-order chi connectivity index (χ1) is 13.9. The number of hydrogen-bond acceptors (Lipinski definition) is 6. The fourth-order valence-corrected chi connectivity index (χ4v) is 4.80. The molecule has 1 aromatic carbocycles. The third-order valence-electron chi connectivity index (χ3n) is 5.34. The number of rotatable bonds is 5. The zero-order chi connectivity index (χ0) is 20.4. The number of likely N-dealkylation sites (tertiary alicyclic amines) is 1. The summed E-state index contributed by atoms with van der Waals surface area (Å²) in [6.07, 6.45) is 6.60. The number of nitrogens with zero attached hydrogens (tertiary/aromatic N) is 5. The number of amides is 1. The monoisotopic (exact) mass is 413 g/mol. The third kappa shape index (κ3) is 4.14. The molecule has 9 heteroatoms. The van der Waals surface area contributed by atoms with Crippen molar-refractivity contribution >= 4 is 21.5 Å². The van der Waals surface area contributed by atoms with Crippen LogP contribution in [0.2, 0.25) is 0 Å². The van der Waals surface area contributed by atoms with E-state index in [0.29, 0.717) is 37.4 Å². The Morgan fingerprint density at radius 1 is 1.21 bits per heavy atom. The van der Waals surface area contributed by atoms with Crippen LogP contribution in [0, 0.1) is 0 Å². The average Bonchev–Trinajstić information content (AvgIpc) is 3.20. The van der Waals surface area contributed by atoms with E-state index in [1.165, 1.54) is 23.3 Å². The van der Waals surface area contributed by atoms with Gasteiger partial charge < -0.3 is 4.90 Å². The summed E-state index contributed by atoms with van der Waals surface area (Å²) in [5.41, 5.74) is 1.70. The standard InChI is InChI=1S/C20H23N5O3S/c1-29(27,28)17-12-21-20-22-14-23-25(20)19(17)16-8-5-11-24(13-16)18(26)10-9-15-6-3-2-4-7-15/h2-4,6-7,12,14,16H,5,8-11,13H2,1H3/t16-/m0/s1. The Morgan fingerprint density at radius 2 is 2.00 bits per heavy atom. The molecular weight excluding hydrogens is 390 g/mol. The molecule has 1 fully saturated rings. The SMILES string of the molecule is CS(=O)(=O)c1cnc2ncnn2c1[C@H]1CCCN(C(=O)CCc2ccccc2)C1. The highest BCUT2D eigenvalue weighted by atomic mass is 32.2. The molecule has 0 bridgehead atoms. The van der Waals surface area contributed by atoms with Crippen LogP contribution in [0.25, 0.3) is 5.78 Å². The van der Waals surface area contributed by atoms with Gasteiger partial charge in [0.15, 0.2) is 9.84 Å². The van der Waals surface area contributed by atoms with Crippen LogP contribution in [0.1, 0.15) is 36.4 Å². The zero-order valence-corrected chi connectivity index (χ0v) is 17.0. The van der Waals surface area contributed by atoms with Crippen molar-refractivity contribution in [3.63, 3.8) is 0 Å². The summed E-state index contributed by atoms with van der Waals surface area (Å²) in [6, 6.07) is 9.93. The van der Waals surface area contributed by atoms with Gasteiger partial charge in [0.2, 0.25) is 5.91 Å². The van der Waals surface area contributed by atoms with Crippen molar-refractivity contribution < 1.29 is 13.2 Å². The molecule has 0 saturated carbocycles. The Bertz CT molecular complexity index is 1130. The van der Waals surface area contributed by atoms with E-state index in [2.05, 4.69) is 15.1 Å². The molecule has 3 aromatic rings. The Kier molecular flexibility index (Phi) is 5.31. The van der Waals surface area contributed by atoms with Crippen molar-refractivity contribution in [3.8, 4) is 0 Å². The molecule has 0 spiro atoms. The number of benzene rings is 1. The summed E-state index contributed by atoms with van der Waals surface area (Å²) in [6.45, 7) is 1.15. The molecule has 0 N–H and O–H groups in total. The summed E-state index contributed by atoms with van der Waals surface area (Å²) in [5.74, 6) is 0.310. The van der Waals surface area contributed by atoms with Crippen LogP contribution in [0.4, 0.5) is 0 Å². The van der Waals surface area contributed by atoms with E-state index in [4.69, 9.17) is 0 Å². The van der Waals surface area contributed by atoms with Crippen LogP contribution in [0.15, 0.2) is 47.8 Å². The van der Waals surface area contributed by atoms with Crippen LogP contribution in [-0.4, -0.2) is 58.2 Å². The lowest BCUT2D eigenvalue weighted by molar-refractivity contribution is -0.132. The molecule has 4 rings (SSSR count). The molecule has 0 radical (unpaired) electrons. The Balaban J connectivity index is 1.57. The number of hydrogen-bond donors (Lipinski definition) is 0. The molecule has 1 amide bonds. The predicted molar refractivity (Wildman–Crippen MR) is 107 cm³/mol. The van der Waals surface area contributed by atoms with Gasteiger partial charge >= 0.3 is 0 Å². The normalized spacial score (nSPS) is 17.6. The molecule has 8 nitrogen and oxygen atoms in total. The van der Waals surface area contributed by atoms with Crippen molar-refractivity contribution in [2.24, 2.45) is 0 Å². The lowest BCUT2D eigenvalue weighted by atomic mass is 9.94. The maximum absolute atomic E-state index is 12.8. The number of sulfone groups is 1. The maximum Gasteiger partial charge on any atom is 0.252 e. The van der Waals surface area contributed by atoms with E-state index in [-0.39, 0.29) is 16.7 Å². The molecule has 29 heavy (non-hydrogen) atoms. The van der Waals surface area contributed by atoms with Gasteiger partial charge in [0.1, 0.15) is 11.2 Å². The summed E-state index contributed by atoms with van der Waals surface area (Å²) in [5, 5.41) is 4.19. The highest BCUT2D eigenvalue weighted by Crippen LogP contribution is 2.31. The van der Waals surface area contributed by atoms with Crippen molar-refractivity contribution in [1.29, 1.82) is 0 Å². The van der Waals surface area contributed by atoms with Crippen LogP contribution in [0.3, 0.4) is 0 Å². The molecule has 3 heterocycles. The van der Waals surface area contributed by atoms with Crippen molar-refractivity contribution in [3.05, 3.63) is 54.1 Å². The van der Waals surface area contributed by atoms with Gasteiger partial charge in [0.25, 0.3) is 5.78 Å². The van der Waals surface area contributed by atoms with E-state index in [0.717, 1.165) is 18.4 Å². The van der Waals surface area contributed by atoms with Gasteiger partial charge in [0.05, 0.1) is 11.9 Å². The lowest BCUT2D eigenvalue weighted by Gasteiger charge is -2.33. The molecule has 1 aliphatic rings. The highest BCUT2D eigenvalue weighted by Gasteiger charge is 2.31. The highest BCUT2D eigenvalue weighted by molar-refractivity contribution is 7.90. The van der Waals surface area contributed by atoms with Crippen LogP contribution >= 0.6 is 0 Å². The molecule has 1 aliphatic heterocycles. The molecule has 0 aliphatic carbocycles. The molecule has 1 saturated heterocycles. The second-order valence-electron chi connectivity index (χ2n) is 7.42. The molecular formula is C20H23N5O3S. The van der Waals surface area contributed by atoms with Crippen LogP contribution < -0.4 is 0 Å². The number of carbonyl (C=O) groups excluding carboxylic acids is 1. The van der Waals surface area contributed by atoms with Crippen LogP contribution in [0.5, 0.6) is 0 Å². The van der Waals surface area contributed by atoms with E-state index >= 15 is 0 Å². The Labute approximate surface area is 169 Å². The number of piperidine rings is 1. The van der Waals surface area contributed by atoms with Gasteiger partial charge in [-0.3, -0.25) is 4.79 Å². The zero-order valence-electron chi connectivity index (χ0n) is 16.2. The van der Waals surface area contributed by atoms with Gasteiger partial charge in [-0.1, -0.05) is 30.3 Å². The number of carbonyl (C=O) groups is 1. The van der Waals surface area contributed by atoms with Crippen molar-refractivity contribution in [2.75, 3.05) is 19.3 Å². The van der Waals surface area contributed by atoms with Gasteiger partial charge in [-0.05, 0) is 24.8 Å². The van der Waals surface area contributed by atoms with E-state index in [1.807, 2.05) is 35.2 Å². The minimum Gasteiger partial charge on any atom is -0.342 e. The fourth-order valence-electron chi connectivity index (χ4n) is 3.92. The molecule has 0 unspecified atom stereocenters. The second kappa shape index (κ2) is 7.90. The fraction of sp³-hybridized carbons (Fsp3) is 0.400. The van der Waals surface area contributed by atoms with E-state index in [1.54, 1.807) is 0 Å². The molecule has 2 aromatic heterocycles. The minimum absolute atomic E-state index is 0.0864. The number of aryl methyl sites for hydroxylation is 1. The molecule has 152 valence electrons. The van der Waals surface area contributed by atoms with Gasteiger partial charge in [0, 0.05) is 31.7 Å². The maximum atomic E-state index is 12.8. The minimum atomic E-state index is -3.49. The van der Waals surface area contributed by atoms with E-state index < -0.39 is 9.84 Å². The van der Waals surface area contributed by atoms with Crippen molar-refractivity contribution in [1.82, 2.24) is 24.5 Å². The van der Waals surface area contributed by atoms with Crippen LogP contribution in [-0.2, 0) is 21.1 Å².